The lowest BCUT2D eigenvalue weighted by molar-refractivity contribution is 0.325. The average molecular weight is 227 g/mol. The highest BCUT2D eigenvalue weighted by molar-refractivity contribution is 5.38. The molecule has 2 aromatic rings. The Bertz CT molecular complexity index is 513. The minimum atomic E-state index is 0.0735. The van der Waals surface area contributed by atoms with Crippen LogP contribution in [0.2, 0.25) is 0 Å². The van der Waals surface area contributed by atoms with Gasteiger partial charge in [0.05, 0.1) is 12.3 Å². The smallest absolute Gasteiger partial charge is 0.115 e. The second-order valence-corrected chi connectivity index (χ2v) is 5.31. The van der Waals surface area contributed by atoms with Crippen molar-refractivity contribution >= 4 is 0 Å². The maximum Gasteiger partial charge on any atom is 0.115 e. The minimum absolute atomic E-state index is 0.0735. The van der Waals surface area contributed by atoms with E-state index in [1.165, 1.54) is 11.1 Å². The fourth-order valence-corrected chi connectivity index (χ4v) is 2.59. The van der Waals surface area contributed by atoms with E-state index in [0.29, 0.717) is 0 Å². The van der Waals surface area contributed by atoms with Crippen LogP contribution < -0.4 is 5.32 Å². The van der Waals surface area contributed by atoms with Crippen molar-refractivity contribution in [3.63, 3.8) is 0 Å². The number of furan rings is 1. The molecule has 1 aliphatic heterocycles. The van der Waals surface area contributed by atoms with Crippen molar-refractivity contribution < 1.29 is 4.42 Å². The van der Waals surface area contributed by atoms with E-state index in [0.717, 1.165) is 12.3 Å². The molecular formula is C15H17NO. The van der Waals surface area contributed by atoms with Gasteiger partial charge in [-0.1, -0.05) is 44.2 Å². The molecule has 0 amide bonds. The van der Waals surface area contributed by atoms with Crippen LogP contribution in [0.3, 0.4) is 0 Å². The highest BCUT2D eigenvalue weighted by Crippen LogP contribution is 2.37. The second kappa shape index (κ2) is 3.74. The average Bonchev–Trinajstić information content (AvgIpc) is 2.81. The lowest BCUT2D eigenvalue weighted by Crippen LogP contribution is -2.41. The van der Waals surface area contributed by atoms with E-state index in [2.05, 4.69) is 49.5 Å². The van der Waals surface area contributed by atoms with Gasteiger partial charge in [0.15, 0.2) is 0 Å². The minimum Gasteiger partial charge on any atom is -0.468 e. The van der Waals surface area contributed by atoms with E-state index >= 15 is 0 Å². The van der Waals surface area contributed by atoms with Gasteiger partial charge in [0.25, 0.3) is 0 Å². The maximum atomic E-state index is 5.68. The summed E-state index contributed by atoms with van der Waals surface area (Å²) >= 11 is 0. The van der Waals surface area contributed by atoms with Gasteiger partial charge in [-0.15, -0.1) is 0 Å². The molecule has 0 saturated heterocycles. The summed E-state index contributed by atoms with van der Waals surface area (Å²) in [6, 6.07) is 12.9. The summed E-state index contributed by atoms with van der Waals surface area (Å²) in [6.45, 7) is 5.36. The van der Waals surface area contributed by atoms with Crippen molar-refractivity contribution in [3.05, 3.63) is 59.5 Å². The van der Waals surface area contributed by atoms with Crippen LogP contribution in [0.1, 0.15) is 36.8 Å². The van der Waals surface area contributed by atoms with Gasteiger partial charge < -0.3 is 9.73 Å². The Morgan fingerprint density at radius 1 is 1.18 bits per heavy atom. The van der Waals surface area contributed by atoms with Gasteiger partial charge in [-0.25, -0.2) is 0 Å². The Morgan fingerprint density at radius 3 is 2.71 bits per heavy atom. The van der Waals surface area contributed by atoms with Crippen LogP contribution >= 0.6 is 0 Å². The van der Waals surface area contributed by atoms with Crippen LogP contribution in [0.5, 0.6) is 0 Å². The van der Waals surface area contributed by atoms with E-state index in [1.807, 2.05) is 6.07 Å². The van der Waals surface area contributed by atoms with Crippen LogP contribution in [0, 0.1) is 0 Å². The summed E-state index contributed by atoms with van der Waals surface area (Å²) in [4.78, 5) is 0. The first-order valence-corrected chi connectivity index (χ1v) is 6.05. The van der Waals surface area contributed by atoms with Gasteiger partial charge in [0, 0.05) is 17.5 Å². The molecule has 1 unspecified atom stereocenters. The third kappa shape index (κ3) is 1.69. The summed E-state index contributed by atoms with van der Waals surface area (Å²) in [7, 11) is 0. The molecule has 1 aromatic heterocycles. The highest BCUT2D eigenvalue weighted by Gasteiger charge is 2.35. The van der Waals surface area contributed by atoms with Gasteiger partial charge in [-0.2, -0.15) is 0 Å². The van der Waals surface area contributed by atoms with E-state index < -0.39 is 0 Å². The van der Waals surface area contributed by atoms with Crippen LogP contribution in [0.25, 0.3) is 0 Å². The first-order chi connectivity index (χ1) is 8.18. The van der Waals surface area contributed by atoms with Gasteiger partial charge in [-0.05, 0) is 11.6 Å². The number of hydrogen-bond acceptors (Lipinski definition) is 2. The number of nitrogens with one attached hydrogen (secondary N) is 1. The molecule has 0 aliphatic carbocycles. The maximum absolute atomic E-state index is 5.68. The van der Waals surface area contributed by atoms with Crippen LogP contribution in [-0.2, 0) is 5.41 Å². The van der Waals surface area contributed by atoms with Gasteiger partial charge in [0.1, 0.15) is 5.76 Å². The normalized spacial score (nSPS) is 22.1. The van der Waals surface area contributed by atoms with E-state index in [4.69, 9.17) is 4.42 Å². The quantitative estimate of drug-likeness (QED) is 0.809. The molecule has 2 nitrogen and oxygen atoms in total. The van der Waals surface area contributed by atoms with Crippen molar-refractivity contribution in [1.82, 2.24) is 5.32 Å². The molecule has 3 rings (SSSR count). The Labute approximate surface area is 102 Å². The van der Waals surface area contributed by atoms with E-state index in [9.17, 15) is 0 Å². The topological polar surface area (TPSA) is 25.2 Å². The first kappa shape index (κ1) is 10.6. The monoisotopic (exact) mass is 227 g/mol. The molecule has 17 heavy (non-hydrogen) atoms. The van der Waals surface area contributed by atoms with Crippen molar-refractivity contribution in [2.75, 3.05) is 6.54 Å². The Hall–Kier alpha value is -1.54. The van der Waals surface area contributed by atoms with Crippen LogP contribution in [-0.4, -0.2) is 6.54 Å². The van der Waals surface area contributed by atoms with Crippen LogP contribution in [0.4, 0.5) is 0 Å². The summed E-state index contributed by atoms with van der Waals surface area (Å²) in [6.07, 6.45) is 1.80. The zero-order valence-corrected chi connectivity index (χ0v) is 10.2. The Kier molecular flexibility index (Phi) is 2.33. The van der Waals surface area contributed by atoms with Crippen molar-refractivity contribution in [2.45, 2.75) is 25.3 Å². The molecule has 0 radical (unpaired) electrons. The van der Waals surface area contributed by atoms with Crippen molar-refractivity contribution in [2.24, 2.45) is 0 Å². The fourth-order valence-electron chi connectivity index (χ4n) is 2.59. The predicted octanol–water partition coefficient (Wildman–Crippen LogP) is 3.25. The summed E-state index contributed by atoms with van der Waals surface area (Å²) in [5.74, 6) is 1.12. The van der Waals surface area contributed by atoms with E-state index in [-0.39, 0.29) is 11.5 Å². The number of fused-ring (bicyclic) bond motifs is 1. The molecule has 1 aromatic carbocycles. The molecule has 1 aliphatic rings. The molecule has 2 heteroatoms. The first-order valence-electron chi connectivity index (χ1n) is 6.05. The van der Waals surface area contributed by atoms with Gasteiger partial charge >= 0.3 is 0 Å². The van der Waals surface area contributed by atoms with Crippen molar-refractivity contribution in [1.29, 1.82) is 0 Å². The predicted molar refractivity (Wildman–Crippen MR) is 68.0 cm³/mol. The molecule has 0 bridgehead atoms. The standard InChI is InChI=1S/C15H17NO/c1-15(2)10-16-13(11-6-4-3-5-7-11)12-8-9-17-14(12)15/h3-9,13,16H,10H2,1-2H3. The number of benzene rings is 1. The molecule has 0 fully saturated rings. The number of hydrogen-bond donors (Lipinski definition) is 1. The summed E-state index contributed by atoms with van der Waals surface area (Å²) < 4.78 is 5.68. The molecule has 88 valence electrons. The third-order valence-electron chi connectivity index (χ3n) is 3.50. The summed E-state index contributed by atoms with van der Waals surface area (Å²) in [5.41, 5.74) is 2.64. The lowest BCUT2D eigenvalue weighted by atomic mass is 9.81. The Balaban J connectivity index is 2.07. The van der Waals surface area contributed by atoms with Crippen molar-refractivity contribution in [3.8, 4) is 0 Å². The zero-order chi connectivity index (χ0) is 11.9. The Morgan fingerprint density at radius 2 is 1.94 bits per heavy atom. The molecule has 0 spiro atoms. The molecule has 1 atom stereocenters. The van der Waals surface area contributed by atoms with Crippen LogP contribution in [0.15, 0.2) is 47.1 Å². The third-order valence-corrected chi connectivity index (χ3v) is 3.50. The molecule has 1 N–H and O–H groups in total. The SMILES string of the molecule is CC1(C)CNC(c2ccccc2)c2ccoc21. The van der Waals surface area contributed by atoms with E-state index in [1.54, 1.807) is 6.26 Å². The second-order valence-electron chi connectivity index (χ2n) is 5.31. The molecular weight excluding hydrogens is 210 g/mol. The lowest BCUT2D eigenvalue weighted by Gasteiger charge is -2.34. The summed E-state index contributed by atoms with van der Waals surface area (Å²) in [5, 5.41) is 3.61. The van der Waals surface area contributed by atoms with Gasteiger partial charge in [0.2, 0.25) is 0 Å². The highest BCUT2D eigenvalue weighted by atomic mass is 16.3. The fraction of sp³-hybridized carbons (Fsp3) is 0.333. The van der Waals surface area contributed by atoms with Gasteiger partial charge in [-0.3, -0.25) is 0 Å². The molecule has 2 heterocycles. The largest absolute Gasteiger partial charge is 0.468 e. The molecule has 0 saturated carbocycles. The number of rotatable bonds is 1. The zero-order valence-electron chi connectivity index (χ0n) is 10.2.